The molecule has 0 spiro atoms. The predicted molar refractivity (Wildman–Crippen MR) is 61.6 cm³/mol. The second kappa shape index (κ2) is 4.65. The number of carbonyl (C=O) groups is 2. The molecule has 1 N–H and O–H groups in total. The minimum Gasteiger partial charge on any atom is -0.481 e. The summed E-state index contributed by atoms with van der Waals surface area (Å²) in [5, 5.41) is 8.58. The van der Waals surface area contributed by atoms with E-state index in [1.807, 2.05) is 0 Å². The third-order valence-electron chi connectivity index (χ3n) is 3.48. The van der Waals surface area contributed by atoms with Gasteiger partial charge in [-0.2, -0.15) is 0 Å². The normalized spacial score (nSPS) is 24.9. The lowest BCUT2D eigenvalue weighted by Crippen LogP contribution is -2.41. The Kier molecular flexibility index (Phi) is 2.98. The molecule has 2 bridgehead atoms. The highest BCUT2D eigenvalue weighted by Gasteiger charge is 2.42. The minimum absolute atomic E-state index is 0.0591. The molecule has 0 aromatic carbocycles. The van der Waals surface area contributed by atoms with E-state index < -0.39 is 5.97 Å². The Hall–Kier alpha value is -1.89. The van der Waals surface area contributed by atoms with Gasteiger partial charge < -0.3 is 19.2 Å². The van der Waals surface area contributed by atoms with Gasteiger partial charge in [0.15, 0.2) is 11.6 Å². The van der Waals surface area contributed by atoms with E-state index in [1.54, 1.807) is 4.90 Å². The average molecular weight is 266 g/mol. The third kappa shape index (κ3) is 2.33. The van der Waals surface area contributed by atoms with E-state index in [-0.39, 0.29) is 42.5 Å². The van der Waals surface area contributed by atoms with Gasteiger partial charge in [-0.1, -0.05) is 0 Å². The van der Waals surface area contributed by atoms with Crippen LogP contribution in [0.15, 0.2) is 10.7 Å². The third-order valence-corrected chi connectivity index (χ3v) is 3.48. The van der Waals surface area contributed by atoms with Crippen LogP contribution in [0.2, 0.25) is 0 Å². The number of carboxylic acid groups (broad SMARTS) is 1. The van der Waals surface area contributed by atoms with Crippen LogP contribution in [0, 0.1) is 0 Å². The molecule has 3 rings (SSSR count). The maximum atomic E-state index is 12.2. The van der Waals surface area contributed by atoms with Crippen LogP contribution in [0.1, 0.15) is 29.2 Å². The Morgan fingerprint density at radius 1 is 1.53 bits per heavy atom. The molecule has 2 aliphatic heterocycles. The van der Waals surface area contributed by atoms with Crippen LogP contribution in [0.5, 0.6) is 0 Å². The van der Waals surface area contributed by atoms with Crippen molar-refractivity contribution in [2.75, 3.05) is 13.2 Å². The van der Waals surface area contributed by atoms with E-state index in [1.165, 1.54) is 6.26 Å². The lowest BCUT2D eigenvalue weighted by atomic mass is 10.2. The van der Waals surface area contributed by atoms with E-state index in [0.717, 1.165) is 6.42 Å². The van der Waals surface area contributed by atoms with Crippen LogP contribution in [0.25, 0.3) is 0 Å². The van der Waals surface area contributed by atoms with Crippen LogP contribution in [0.4, 0.5) is 0 Å². The molecule has 7 nitrogen and oxygen atoms in total. The van der Waals surface area contributed by atoms with Gasteiger partial charge in [0.05, 0.1) is 25.2 Å². The Morgan fingerprint density at radius 2 is 2.37 bits per heavy atom. The number of aryl methyl sites for hydroxylation is 1. The van der Waals surface area contributed by atoms with Gasteiger partial charge in [-0.3, -0.25) is 9.59 Å². The molecule has 2 fully saturated rings. The first-order chi connectivity index (χ1) is 9.13. The maximum Gasteiger partial charge on any atom is 0.303 e. The summed E-state index contributed by atoms with van der Waals surface area (Å²) in [7, 11) is 0. The van der Waals surface area contributed by atoms with Crippen molar-refractivity contribution in [2.45, 2.75) is 31.4 Å². The number of likely N-dealkylation sites (tertiary alicyclic amines) is 1. The van der Waals surface area contributed by atoms with Crippen molar-refractivity contribution >= 4 is 11.9 Å². The minimum atomic E-state index is -0.917. The quantitative estimate of drug-likeness (QED) is 0.842. The molecule has 0 saturated carbocycles. The van der Waals surface area contributed by atoms with Gasteiger partial charge in [-0.05, 0) is 6.42 Å². The van der Waals surface area contributed by atoms with Gasteiger partial charge in [0, 0.05) is 13.0 Å². The number of amides is 1. The molecule has 2 unspecified atom stereocenters. The van der Waals surface area contributed by atoms with Gasteiger partial charge in [0.25, 0.3) is 5.91 Å². The number of aliphatic carboxylic acids is 1. The molecule has 2 aliphatic rings. The molecule has 102 valence electrons. The van der Waals surface area contributed by atoms with Crippen LogP contribution in [-0.2, 0) is 16.0 Å². The maximum absolute atomic E-state index is 12.2. The number of morpholine rings is 1. The number of hydrogen-bond donors (Lipinski definition) is 1. The smallest absolute Gasteiger partial charge is 0.303 e. The number of aromatic nitrogens is 1. The van der Waals surface area contributed by atoms with Gasteiger partial charge in [-0.25, -0.2) is 4.98 Å². The summed E-state index contributed by atoms with van der Waals surface area (Å²) >= 11 is 0. The van der Waals surface area contributed by atoms with E-state index in [2.05, 4.69) is 4.98 Å². The number of rotatable bonds is 4. The zero-order valence-electron chi connectivity index (χ0n) is 10.2. The summed E-state index contributed by atoms with van der Waals surface area (Å²) < 4.78 is 10.6. The van der Waals surface area contributed by atoms with Crippen molar-refractivity contribution in [3.63, 3.8) is 0 Å². The highest BCUT2D eigenvalue weighted by atomic mass is 16.5. The first-order valence-electron chi connectivity index (χ1n) is 6.22. The summed E-state index contributed by atoms with van der Waals surface area (Å²) in [5.41, 5.74) is 0.243. The van der Waals surface area contributed by atoms with Gasteiger partial charge >= 0.3 is 5.97 Å². The van der Waals surface area contributed by atoms with Gasteiger partial charge in [0.1, 0.15) is 6.26 Å². The number of carbonyl (C=O) groups excluding carboxylic acids is 1. The monoisotopic (exact) mass is 266 g/mol. The summed E-state index contributed by atoms with van der Waals surface area (Å²) in [5.74, 6) is -0.799. The molecule has 2 saturated heterocycles. The van der Waals surface area contributed by atoms with Crippen LogP contribution < -0.4 is 0 Å². The predicted octanol–water partition coefficient (Wildman–Crippen LogP) is 0.305. The lowest BCUT2D eigenvalue weighted by Gasteiger charge is -2.25. The average Bonchev–Trinajstić information content (AvgIpc) is 3.11. The largest absolute Gasteiger partial charge is 0.481 e. The fourth-order valence-corrected chi connectivity index (χ4v) is 2.53. The molecule has 0 radical (unpaired) electrons. The first-order valence-corrected chi connectivity index (χ1v) is 6.22. The van der Waals surface area contributed by atoms with Crippen molar-refractivity contribution in [2.24, 2.45) is 0 Å². The molecule has 3 heterocycles. The highest BCUT2D eigenvalue weighted by Crippen LogP contribution is 2.28. The number of nitrogens with zero attached hydrogens (tertiary/aromatic N) is 2. The van der Waals surface area contributed by atoms with Gasteiger partial charge in [0.2, 0.25) is 0 Å². The number of hydrogen-bond acceptors (Lipinski definition) is 5. The SMILES string of the molecule is O=C(O)CCc1nc(C(=O)N2CC3CC2CO3)co1. The first kappa shape index (κ1) is 12.2. The highest BCUT2D eigenvalue weighted by molar-refractivity contribution is 5.92. The summed E-state index contributed by atoms with van der Waals surface area (Å²) in [6, 6.07) is 0.136. The van der Waals surface area contributed by atoms with Crippen LogP contribution >= 0.6 is 0 Å². The summed E-state index contributed by atoms with van der Waals surface area (Å²) in [6.45, 7) is 1.18. The Morgan fingerprint density at radius 3 is 3.00 bits per heavy atom. The fourth-order valence-electron chi connectivity index (χ4n) is 2.53. The van der Waals surface area contributed by atoms with Crippen molar-refractivity contribution < 1.29 is 23.8 Å². The summed E-state index contributed by atoms with van der Waals surface area (Å²) in [4.78, 5) is 28.5. The Balaban J connectivity index is 1.65. The number of fused-ring (bicyclic) bond motifs is 2. The molecule has 1 aromatic heterocycles. The van der Waals surface area contributed by atoms with Crippen molar-refractivity contribution in [1.29, 1.82) is 0 Å². The standard InChI is InChI=1S/C12H14N2O5/c15-11(16)2-1-10-13-9(6-19-10)12(17)14-4-8-3-7(14)5-18-8/h6-8H,1-5H2,(H,15,16). The zero-order chi connectivity index (χ0) is 13.4. The van der Waals surface area contributed by atoms with Gasteiger partial charge in [-0.15, -0.1) is 0 Å². The van der Waals surface area contributed by atoms with Crippen molar-refractivity contribution in [1.82, 2.24) is 9.88 Å². The zero-order valence-corrected chi connectivity index (χ0v) is 10.2. The fraction of sp³-hybridized carbons (Fsp3) is 0.583. The second-order valence-corrected chi connectivity index (χ2v) is 4.82. The van der Waals surface area contributed by atoms with E-state index in [4.69, 9.17) is 14.3 Å². The Bertz CT molecular complexity index is 512. The van der Waals surface area contributed by atoms with Crippen molar-refractivity contribution in [3.8, 4) is 0 Å². The number of carboxylic acids is 1. The topological polar surface area (TPSA) is 92.9 Å². The second-order valence-electron chi connectivity index (χ2n) is 4.82. The molecule has 7 heteroatoms. The van der Waals surface area contributed by atoms with E-state index in [0.29, 0.717) is 13.2 Å². The molecule has 2 atom stereocenters. The van der Waals surface area contributed by atoms with Crippen LogP contribution in [0.3, 0.4) is 0 Å². The molecular weight excluding hydrogens is 252 g/mol. The molecule has 1 aromatic rings. The van der Waals surface area contributed by atoms with E-state index in [9.17, 15) is 9.59 Å². The summed E-state index contributed by atoms with van der Waals surface area (Å²) in [6.07, 6.45) is 2.46. The number of oxazole rings is 1. The van der Waals surface area contributed by atoms with Crippen molar-refractivity contribution in [3.05, 3.63) is 17.8 Å². The lowest BCUT2D eigenvalue weighted by molar-refractivity contribution is -0.137. The molecular formula is C12H14N2O5. The molecule has 0 aliphatic carbocycles. The van der Waals surface area contributed by atoms with Crippen LogP contribution in [-0.4, -0.2) is 52.2 Å². The number of ether oxygens (including phenoxy) is 1. The Labute approximate surface area is 109 Å². The molecule has 19 heavy (non-hydrogen) atoms. The van der Waals surface area contributed by atoms with E-state index >= 15 is 0 Å². The molecule has 1 amide bonds.